The summed E-state index contributed by atoms with van der Waals surface area (Å²) in [6.45, 7) is 3.63. The van der Waals surface area contributed by atoms with E-state index in [-0.39, 0.29) is 12.5 Å². The lowest BCUT2D eigenvalue weighted by Crippen LogP contribution is -2.47. The predicted octanol–water partition coefficient (Wildman–Crippen LogP) is 2.44. The summed E-state index contributed by atoms with van der Waals surface area (Å²) in [4.78, 5) is 26.3. The average Bonchev–Trinajstić information content (AvgIpc) is 2.97. The second-order valence-corrected chi connectivity index (χ2v) is 6.25. The molecule has 0 aliphatic carbocycles. The van der Waals surface area contributed by atoms with Crippen LogP contribution >= 0.6 is 0 Å². The number of aryl methyl sites for hydroxylation is 2. The van der Waals surface area contributed by atoms with E-state index in [4.69, 9.17) is 4.74 Å². The van der Waals surface area contributed by atoms with E-state index in [1.807, 2.05) is 25.1 Å². The Bertz CT molecular complexity index is 1040. The van der Waals surface area contributed by atoms with E-state index in [0.717, 1.165) is 5.69 Å². The third kappa shape index (κ3) is 2.40. The summed E-state index contributed by atoms with van der Waals surface area (Å²) in [7, 11) is 0. The Labute approximate surface area is 149 Å². The zero-order chi connectivity index (χ0) is 18.4. The van der Waals surface area contributed by atoms with Crippen molar-refractivity contribution in [3.63, 3.8) is 0 Å². The van der Waals surface area contributed by atoms with Crippen molar-refractivity contribution >= 4 is 23.1 Å². The number of fused-ring (bicyclic) bond motifs is 2. The summed E-state index contributed by atoms with van der Waals surface area (Å²) in [6, 6.07) is 12.6. The molecule has 0 saturated carbocycles. The number of rotatable bonds is 2. The number of carboxylic acid groups (broad SMARTS) is 1. The van der Waals surface area contributed by atoms with Gasteiger partial charge in [0, 0.05) is 5.69 Å². The molecule has 3 heterocycles. The lowest BCUT2D eigenvalue weighted by molar-refractivity contribution is -0.144. The van der Waals surface area contributed by atoms with Gasteiger partial charge in [0.15, 0.2) is 0 Å². The zero-order valence-electron chi connectivity index (χ0n) is 14.3. The van der Waals surface area contributed by atoms with Gasteiger partial charge in [-0.2, -0.15) is 5.10 Å². The Morgan fingerprint density at radius 1 is 1.15 bits per heavy atom. The van der Waals surface area contributed by atoms with Crippen molar-refractivity contribution in [1.29, 1.82) is 0 Å². The summed E-state index contributed by atoms with van der Waals surface area (Å²) >= 11 is 0. The Morgan fingerprint density at radius 3 is 2.69 bits per heavy atom. The molecule has 3 aromatic rings. The molecule has 1 aliphatic rings. The smallest absolute Gasteiger partial charge is 0.346 e. The number of nitrogens with zero attached hydrogens (tertiary/aromatic N) is 3. The lowest BCUT2D eigenvalue weighted by Gasteiger charge is -2.33. The second-order valence-electron chi connectivity index (χ2n) is 6.25. The van der Waals surface area contributed by atoms with Gasteiger partial charge in [-0.25, -0.2) is 9.31 Å². The summed E-state index contributed by atoms with van der Waals surface area (Å²) in [5.74, 6) is -1.01. The van der Waals surface area contributed by atoms with Gasteiger partial charge in [0.25, 0.3) is 5.91 Å². The van der Waals surface area contributed by atoms with E-state index < -0.39 is 12.1 Å². The van der Waals surface area contributed by atoms with Gasteiger partial charge in [-0.15, -0.1) is 0 Å². The van der Waals surface area contributed by atoms with Crippen LogP contribution in [0.2, 0.25) is 0 Å². The van der Waals surface area contributed by atoms with Crippen LogP contribution in [0.15, 0.2) is 42.5 Å². The van der Waals surface area contributed by atoms with E-state index in [1.54, 1.807) is 35.7 Å². The first-order valence-corrected chi connectivity index (χ1v) is 8.22. The standard InChI is InChI=1S/C19H17N3O4/c1-11-6-5-8-14-17(12(2)20-22(11)14)18(23)21-10-16(19(24)25)26-15-9-4-3-7-13(15)21/h3-9,16H,10H2,1-2H3,(H,24,25). The van der Waals surface area contributed by atoms with Gasteiger partial charge in [-0.1, -0.05) is 18.2 Å². The number of pyridine rings is 1. The number of para-hydroxylation sites is 2. The molecule has 0 radical (unpaired) electrons. The SMILES string of the molecule is Cc1nn2c(C)cccc2c1C(=O)N1CC(C(=O)O)Oc2ccccc21. The van der Waals surface area contributed by atoms with Crippen molar-refractivity contribution in [2.75, 3.05) is 11.4 Å². The first-order valence-electron chi connectivity index (χ1n) is 8.22. The van der Waals surface area contributed by atoms with Crippen LogP contribution in [0.4, 0.5) is 5.69 Å². The molecular formula is C19H17N3O4. The lowest BCUT2D eigenvalue weighted by atomic mass is 10.1. The van der Waals surface area contributed by atoms with Crippen molar-refractivity contribution in [3.05, 3.63) is 59.4 Å². The third-order valence-corrected chi connectivity index (χ3v) is 4.53. The normalized spacial score (nSPS) is 16.2. The van der Waals surface area contributed by atoms with Crippen LogP contribution in [-0.4, -0.2) is 39.2 Å². The van der Waals surface area contributed by atoms with E-state index >= 15 is 0 Å². The van der Waals surface area contributed by atoms with Gasteiger partial charge in [0.05, 0.1) is 29.0 Å². The molecule has 1 atom stereocenters. The molecule has 26 heavy (non-hydrogen) atoms. The highest BCUT2D eigenvalue weighted by atomic mass is 16.5. The van der Waals surface area contributed by atoms with E-state index in [1.165, 1.54) is 4.90 Å². The molecule has 1 N–H and O–H groups in total. The molecule has 4 rings (SSSR count). The summed E-state index contributed by atoms with van der Waals surface area (Å²) in [6.07, 6.45) is -1.11. The van der Waals surface area contributed by atoms with Crippen molar-refractivity contribution in [2.24, 2.45) is 0 Å². The topological polar surface area (TPSA) is 84.1 Å². The third-order valence-electron chi connectivity index (χ3n) is 4.53. The number of aromatic nitrogens is 2. The number of hydrogen-bond acceptors (Lipinski definition) is 4. The van der Waals surface area contributed by atoms with Crippen LogP contribution in [0.5, 0.6) is 5.75 Å². The predicted molar refractivity (Wildman–Crippen MR) is 94.8 cm³/mol. The van der Waals surface area contributed by atoms with Gasteiger partial charge in [0.2, 0.25) is 6.10 Å². The molecule has 1 unspecified atom stereocenters. The molecule has 0 bridgehead atoms. The van der Waals surface area contributed by atoms with Gasteiger partial charge < -0.3 is 14.7 Å². The molecule has 132 valence electrons. The number of benzene rings is 1. The van der Waals surface area contributed by atoms with E-state index in [9.17, 15) is 14.7 Å². The Kier molecular flexibility index (Phi) is 3.64. The highest BCUT2D eigenvalue weighted by molar-refractivity contribution is 6.12. The van der Waals surface area contributed by atoms with Crippen LogP contribution in [0, 0.1) is 13.8 Å². The Morgan fingerprint density at radius 2 is 1.92 bits per heavy atom. The molecular weight excluding hydrogens is 334 g/mol. The Hall–Kier alpha value is -3.35. The van der Waals surface area contributed by atoms with Gasteiger partial charge in [-0.3, -0.25) is 4.79 Å². The fourth-order valence-electron chi connectivity index (χ4n) is 3.27. The van der Waals surface area contributed by atoms with Gasteiger partial charge >= 0.3 is 5.97 Å². The fraction of sp³-hybridized carbons (Fsp3) is 0.211. The highest BCUT2D eigenvalue weighted by Crippen LogP contribution is 2.35. The van der Waals surface area contributed by atoms with Crippen LogP contribution < -0.4 is 9.64 Å². The molecule has 1 aliphatic heterocycles. The average molecular weight is 351 g/mol. The number of hydrogen-bond donors (Lipinski definition) is 1. The number of anilines is 1. The molecule has 2 aromatic heterocycles. The molecule has 1 amide bonds. The first kappa shape index (κ1) is 16.1. The zero-order valence-corrected chi connectivity index (χ0v) is 14.3. The molecule has 0 saturated heterocycles. The summed E-state index contributed by atoms with van der Waals surface area (Å²) in [5.41, 5.74) is 3.23. The number of carbonyl (C=O) groups excluding carboxylic acids is 1. The maximum atomic E-state index is 13.4. The highest BCUT2D eigenvalue weighted by Gasteiger charge is 2.35. The summed E-state index contributed by atoms with van der Waals surface area (Å²) < 4.78 is 7.24. The summed E-state index contributed by atoms with van der Waals surface area (Å²) in [5, 5.41) is 13.8. The molecule has 0 spiro atoms. The van der Waals surface area contributed by atoms with Crippen molar-refractivity contribution in [3.8, 4) is 5.75 Å². The number of carbonyl (C=O) groups is 2. The monoisotopic (exact) mass is 351 g/mol. The molecule has 7 nitrogen and oxygen atoms in total. The van der Waals surface area contributed by atoms with Crippen molar-refractivity contribution in [2.45, 2.75) is 20.0 Å². The number of carboxylic acids is 1. The Balaban J connectivity index is 1.85. The number of amides is 1. The van der Waals surface area contributed by atoms with Crippen LogP contribution in [0.3, 0.4) is 0 Å². The van der Waals surface area contributed by atoms with Crippen molar-refractivity contribution in [1.82, 2.24) is 9.61 Å². The maximum Gasteiger partial charge on any atom is 0.346 e. The second kappa shape index (κ2) is 5.87. The van der Waals surface area contributed by atoms with Crippen LogP contribution in [-0.2, 0) is 4.79 Å². The molecule has 0 fully saturated rings. The van der Waals surface area contributed by atoms with Gasteiger partial charge in [0.1, 0.15) is 5.75 Å². The molecule has 7 heteroatoms. The van der Waals surface area contributed by atoms with Crippen LogP contribution in [0.1, 0.15) is 21.7 Å². The van der Waals surface area contributed by atoms with E-state index in [0.29, 0.717) is 28.2 Å². The minimum Gasteiger partial charge on any atom is -0.478 e. The van der Waals surface area contributed by atoms with Gasteiger partial charge in [-0.05, 0) is 38.1 Å². The molecule has 1 aromatic carbocycles. The quantitative estimate of drug-likeness (QED) is 0.767. The van der Waals surface area contributed by atoms with Crippen LogP contribution in [0.25, 0.3) is 5.52 Å². The fourth-order valence-corrected chi connectivity index (χ4v) is 3.27. The van der Waals surface area contributed by atoms with E-state index in [2.05, 4.69) is 5.10 Å². The van der Waals surface area contributed by atoms with Crippen molar-refractivity contribution < 1.29 is 19.4 Å². The largest absolute Gasteiger partial charge is 0.478 e. The number of ether oxygens (including phenoxy) is 1. The maximum absolute atomic E-state index is 13.4. The minimum atomic E-state index is -1.11. The first-order chi connectivity index (χ1) is 12.5. The number of aliphatic carboxylic acids is 1. The minimum absolute atomic E-state index is 0.0617.